The minimum atomic E-state index is -0.243. The van der Waals surface area contributed by atoms with Crippen LogP contribution in [0.2, 0.25) is 5.02 Å². The molecule has 0 atom stereocenters. The third-order valence-corrected chi connectivity index (χ3v) is 3.98. The molecule has 3 aromatic rings. The van der Waals surface area contributed by atoms with Gasteiger partial charge in [0.05, 0.1) is 11.4 Å². The Bertz CT molecular complexity index is 948. The van der Waals surface area contributed by atoms with E-state index < -0.39 is 0 Å². The van der Waals surface area contributed by atoms with Crippen molar-refractivity contribution in [3.8, 4) is 23.0 Å². The Kier molecular flexibility index (Phi) is 4.20. The maximum Gasteiger partial charge on any atom is 0.181 e. The van der Waals surface area contributed by atoms with Crippen molar-refractivity contribution in [3.63, 3.8) is 0 Å². The Morgan fingerprint density at radius 2 is 1.75 bits per heavy atom. The number of carbonyl (C=O) groups is 1. The molecule has 2 aromatic carbocycles. The molecule has 0 aliphatic rings. The number of hydrogen-bond acceptors (Lipinski definition) is 3. The lowest BCUT2D eigenvalue weighted by Crippen LogP contribution is -2.01. The molecule has 0 radical (unpaired) electrons. The highest BCUT2D eigenvalue weighted by Gasteiger charge is 2.22. The van der Waals surface area contributed by atoms with Gasteiger partial charge in [-0.25, -0.2) is 4.68 Å². The minimum Gasteiger partial charge on any atom is -0.293 e. The zero-order valence-corrected chi connectivity index (χ0v) is 14.0. The molecule has 118 valence electrons. The second-order valence-electron chi connectivity index (χ2n) is 5.49. The van der Waals surface area contributed by atoms with Gasteiger partial charge in [-0.15, -0.1) is 0 Å². The third-order valence-electron chi connectivity index (χ3n) is 3.73. The summed E-state index contributed by atoms with van der Waals surface area (Å²) in [4.78, 5) is 11.9. The van der Waals surface area contributed by atoms with Gasteiger partial charge < -0.3 is 0 Å². The molecular formula is C19H14ClN3O. The Hall–Kier alpha value is -2.90. The Morgan fingerprint density at radius 3 is 2.29 bits per heavy atom. The molecule has 4 nitrogen and oxygen atoms in total. The fourth-order valence-corrected chi connectivity index (χ4v) is 2.64. The molecule has 24 heavy (non-hydrogen) atoms. The van der Waals surface area contributed by atoms with Gasteiger partial charge in [0.25, 0.3) is 0 Å². The van der Waals surface area contributed by atoms with Crippen LogP contribution in [0.5, 0.6) is 0 Å². The summed E-state index contributed by atoms with van der Waals surface area (Å²) in [5.74, 6) is -0.243. The van der Waals surface area contributed by atoms with Crippen LogP contribution in [0.25, 0.3) is 16.9 Å². The van der Waals surface area contributed by atoms with Crippen LogP contribution in [-0.2, 0) is 0 Å². The molecule has 0 aliphatic carbocycles. The summed E-state index contributed by atoms with van der Waals surface area (Å²) in [5, 5.41) is 14.6. The van der Waals surface area contributed by atoms with Crippen LogP contribution in [0.1, 0.15) is 28.5 Å². The zero-order chi connectivity index (χ0) is 17.3. The molecule has 0 saturated heterocycles. The highest BCUT2D eigenvalue weighted by molar-refractivity contribution is 6.30. The lowest BCUT2D eigenvalue weighted by atomic mass is 10.0. The van der Waals surface area contributed by atoms with Gasteiger partial charge in [0.15, 0.2) is 5.78 Å². The Balaban J connectivity index is 2.32. The van der Waals surface area contributed by atoms with Gasteiger partial charge in [0.2, 0.25) is 0 Å². The van der Waals surface area contributed by atoms with Gasteiger partial charge in [0.1, 0.15) is 17.3 Å². The summed E-state index contributed by atoms with van der Waals surface area (Å²) < 4.78 is 1.64. The molecule has 1 aromatic heterocycles. The smallest absolute Gasteiger partial charge is 0.181 e. The molecule has 0 fully saturated rings. The number of aryl methyl sites for hydroxylation is 1. The number of nitrogens with zero attached hydrogens (tertiary/aromatic N) is 3. The maximum absolute atomic E-state index is 11.9. The number of benzene rings is 2. The number of carbonyl (C=O) groups excluding carboxylic acids is 1. The highest BCUT2D eigenvalue weighted by atomic mass is 35.5. The van der Waals surface area contributed by atoms with Crippen LogP contribution in [0.15, 0.2) is 48.5 Å². The van der Waals surface area contributed by atoms with Gasteiger partial charge in [-0.05, 0) is 31.2 Å². The Labute approximate surface area is 144 Å². The van der Waals surface area contributed by atoms with Crippen LogP contribution >= 0.6 is 11.6 Å². The number of halogens is 1. The molecule has 1 heterocycles. The molecular weight excluding hydrogens is 322 g/mol. The highest BCUT2D eigenvalue weighted by Crippen LogP contribution is 2.30. The van der Waals surface area contributed by atoms with E-state index in [1.807, 2.05) is 43.3 Å². The van der Waals surface area contributed by atoms with E-state index in [1.54, 1.807) is 16.8 Å². The summed E-state index contributed by atoms with van der Waals surface area (Å²) in [6, 6.07) is 17.0. The van der Waals surface area contributed by atoms with E-state index in [1.165, 1.54) is 6.92 Å². The van der Waals surface area contributed by atoms with Gasteiger partial charge in [-0.3, -0.25) is 4.79 Å². The fraction of sp³-hybridized carbons (Fsp3) is 0.105. The second kappa shape index (κ2) is 6.31. The zero-order valence-electron chi connectivity index (χ0n) is 13.2. The predicted octanol–water partition coefficient (Wildman–Crippen LogP) is 4.58. The standard InChI is InChI=1S/C19H14ClN3O/c1-12-3-9-16(10-4-12)23-19(14-5-7-15(20)8-6-14)17(11-21)18(22-23)13(2)24/h3-10H,1-2H3. The third kappa shape index (κ3) is 2.82. The van der Waals surface area contributed by atoms with Crippen molar-refractivity contribution in [2.24, 2.45) is 0 Å². The van der Waals surface area contributed by atoms with E-state index in [-0.39, 0.29) is 17.0 Å². The average Bonchev–Trinajstić information content (AvgIpc) is 2.96. The predicted molar refractivity (Wildman–Crippen MR) is 93.5 cm³/mol. The molecule has 0 N–H and O–H groups in total. The van der Waals surface area contributed by atoms with E-state index in [9.17, 15) is 10.1 Å². The van der Waals surface area contributed by atoms with Crippen molar-refractivity contribution in [2.45, 2.75) is 13.8 Å². The number of nitriles is 1. The largest absolute Gasteiger partial charge is 0.293 e. The average molecular weight is 336 g/mol. The van der Waals surface area contributed by atoms with Crippen molar-refractivity contribution in [2.75, 3.05) is 0 Å². The molecule has 0 aliphatic heterocycles. The summed E-state index contributed by atoms with van der Waals surface area (Å²) in [6.07, 6.45) is 0. The van der Waals surface area contributed by atoms with Gasteiger partial charge in [-0.1, -0.05) is 41.4 Å². The van der Waals surface area contributed by atoms with Crippen molar-refractivity contribution >= 4 is 17.4 Å². The number of rotatable bonds is 3. The van der Waals surface area contributed by atoms with Crippen molar-refractivity contribution < 1.29 is 4.79 Å². The number of hydrogen-bond donors (Lipinski definition) is 0. The summed E-state index contributed by atoms with van der Waals surface area (Å²) >= 11 is 5.96. The molecule has 0 amide bonds. The molecule has 3 rings (SSSR count). The van der Waals surface area contributed by atoms with Gasteiger partial charge in [0, 0.05) is 17.5 Å². The van der Waals surface area contributed by atoms with Crippen molar-refractivity contribution in [3.05, 3.63) is 70.4 Å². The van der Waals surface area contributed by atoms with E-state index in [0.717, 1.165) is 16.8 Å². The first-order valence-corrected chi connectivity index (χ1v) is 7.76. The van der Waals surface area contributed by atoms with Gasteiger partial charge in [-0.2, -0.15) is 10.4 Å². The normalized spacial score (nSPS) is 10.4. The van der Waals surface area contributed by atoms with Crippen molar-refractivity contribution in [1.82, 2.24) is 9.78 Å². The van der Waals surface area contributed by atoms with Gasteiger partial charge >= 0.3 is 0 Å². The monoisotopic (exact) mass is 335 g/mol. The van der Waals surface area contributed by atoms with Crippen LogP contribution < -0.4 is 0 Å². The fourth-order valence-electron chi connectivity index (χ4n) is 2.52. The van der Waals surface area contributed by atoms with E-state index in [2.05, 4.69) is 11.2 Å². The number of ketones is 1. The maximum atomic E-state index is 11.9. The quantitative estimate of drug-likeness (QED) is 0.658. The Morgan fingerprint density at radius 1 is 1.12 bits per heavy atom. The van der Waals surface area contributed by atoms with Crippen LogP contribution in [0.3, 0.4) is 0 Å². The lowest BCUT2D eigenvalue weighted by Gasteiger charge is -2.08. The second-order valence-corrected chi connectivity index (χ2v) is 5.93. The summed E-state index contributed by atoms with van der Waals surface area (Å²) in [6.45, 7) is 3.41. The summed E-state index contributed by atoms with van der Waals surface area (Å²) in [7, 11) is 0. The minimum absolute atomic E-state index is 0.169. The van der Waals surface area contributed by atoms with E-state index in [0.29, 0.717) is 10.7 Å². The first-order chi connectivity index (χ1) is 11.5. The van der Waals surface area contributed by atoms with Crippen LogP contribution in [0.4, 0.5) is 0 Å². The van der Waals surface area contributed by atoms with E-state index in [4.69, 9.17) is 11.6 Å². The molecule has 0 saturated carbocycles. The first-order valence-electron chi connectivity index (χ1n) is 7.38. The molecule has 5 heteroatoms. The van der Waals surface area contributed by atoms with Crippen molar-refractivity contribution in [1.29, 1.82) is 5.26 Å². The SMILES string of the molecule is CC(=O)c1nn(-c2ccc(C)cc2)c(-c2ccc(Cl)cc2)c1C#N. The van der Waals surface area contributed by atoms with Crippen LogP contribution in [0, 0.1) is 18.3 Å². The van der Waals surface area contributed by atoms with E-state index >= 15 is 0 Å². The summed E-state index contributed by atoms with van der Waals surface area (Å²) in [5.41, 5.74) is 3.70. The van der Waals surface area contributed by atoms with Crippen LogP contribution in [-0.4, -0.2) is 15.6 Å². The number of aromatic nitrogens is 2. The molecule has 0 spiro atoms. The topological polar surface area (TPSA) is 58.7 Å². The first kappa shape index (κ1) is 16.0. The molecule has 0 bridgehead atoms. The number of Topliss-reactive ketones (excluding diaryl/α,β-unsaturated/α-hetero) is 1. The lowest BCUT2D eigenvalue weighted by molar-refractivity contribution is 0.101. The molecule has 0 unspecified atom stereocenters.